The summed E-state index contributed by atoms with van der Waals surface area (Å²) in [5.41, 5.74) is 3.31. The van der Waals surface area contributed by atoms with Crippen molar-refractivity contribution in [2.75, 3.05) is 18.9 Å². The number of carbonyl (C=O) groups excluding carboxylic acids is 2. The molecule has 1 saturated heterocycles. The van der Waals surface area contributed by atoms with Crippen LogP contribution in [-0.4, -0.2) is 74.8 Å². The van der Waals surface area contributed by atoms with E-state index in [4.69, 9.17) is 29.0 Å². The molecule has 2 aromatic heterocycles. The highest BCUT2D eigenvalue weighted by molar-refractivity contribution is 7.51. The third-order valence-electron chi connectivity index (χ3n) is 6.44. The van der Waals surface area contributed by atoms with Crippen LogP contribution in [0.3, 0.4) is 0 Å². The average Bonchev–Trinajstić information content (AvgIpc) is 3.14. The lowest BCUT2D eigenvalue weighted by atomic mass is 9.77. The van der Waals surface area contributed by atoms with E-state index in [9.17, 15) is 24.5 Å². The number of nitrogen functional groups attached to an aromatic ring is 1. The van der Waals surface area contributed by atoms with E-state index in [0.717, 1.165) is 0 Å². The van der Waals surface area contributed by atoms with E-state index in [0.29, 0.717) is 11.2 Å². The zero-order valence-electron chi connectivity index (χ0n) is 22.1. The number of fused-ring (bicyclic) bond motifs is 2. The Balaban J connectivity index is 1.55. The monoisotopic (exact) mass is 566 g/mol. The maximum absolute atomic E-state index is 13.6. The number of nitrogens with two attached hydrogens (primary N) is 1. The number of aromatic nitrogens is 3. The molecule has 212 valence electrons. The van der Waals surface area contributed by atoms with E-state index >= 15 is 0 Å². The van der Waals surface area contributed by atoms with Gasteiger partial charge in [-0.2, -0.15) is 10.4 Å². The van der Waals surface area contributed by atoms with Crippen LogP contribution in [0.1, 0.15) is 46.4 Å². The first kappa shape index (κ1) is 28.9. The highest BCUT2D eigenvalue weighted by atomic mass is 31.2. The lowest BCUT2D eigenvalue weighted by Gasteiger charge is -2.31. The fourth-order valence-corrected chi connectivity index (χ4v) is 5.95. The summed E-state index contributed by atoms with van der Waals surface area (Å²) in [6, 6.07) is 5.42. The van der Waals surface area contributed by atoms with Gasteiger partial charge in [0.05, 0.1) is 24.0 Å². The van der Waals surface area contributed by atoms with Crippen LogP contribution in [0, 0.1) is 16.7 Å². The van der Waals surface area contributed by atoms with Crippen LogP contribution in [0.5, 0.6) is 0 Å². The molecule has 2 aliphatic rings. The summed E-state index contributed by atoms with van der Waals surface area (Å²) in [6.45, 7) is 6.65. The van der Waals surface area contributed by atoms with Crippen LogP contribution in [0.15, 0.2) is 18.5 Å². The highest BCUT2D eigenvalue weighted by Crippen LogP contribution is 2.69. The van der Waals surface area contributed by atoms with E-state index in [-0.39, 0.29) is 5.82 Å². The van der Waals surface area contributed by atoms with Crippen molar-refractivity contribution >= 4 is 31.0 Å². The molecular formula is C23H31N6O9P. The Morgan fingerprint density at radius 3 is 2.59 bits per heavy atom. The molecule has 1 aliphatic heterocycles. The van der Waals surface area contributed by atoms with Gasteiger partial charge in [-0.25, -0.2) is 23.9 Å². The molecule has 4 rings (SSSR count). The van der Waals surface area contributed by atoms with Gasteiger partial charge in [0.2, 0.25) is 0 Å². The summed E-state index contributed by atoms with van der Waals surface area (Å²) in [7, 11) is -4.44. The number of carbonyl (C=O) groups is 2. The minimum Gasteiger partial charge on any atom is -0.462 e. The van der Waals surface area contributed by atoms with Gasteiger partial charge in [-0.05, 0) is 46.8 Å². The summed E-state index contributed by atoms with van der Waals surface area (Å²) in [5, 5.41) is 28.3. The molecule has 3 heterocycles. The average molecular weight is 567 g/mol. The first-order chi connectivity index (χ1) is 18.3. The lowest BCUT2D eigenvalue weighted by molar-refractivity contribution is -0.150. The van der Waals surface area contributed by atoms with Crippen molar-refractivity contribution in [3.05, 3.63) is 24.2 Å². The number of rotatable bonds is 11. The smallest absolute Gasteiger partial charge is 0.407 e. The van der Waals surface area contributed by atoms with Crippen LogP contribution < -0.4 is 10.8 Å². The zero-order valence-corrected chi connectivity index (χ0v) is 23.0. The first-order valence-corrected chi connectivity index (χ1v) is 13.7. The van der Waals surface area contributed by atoms with Gasteiger partial charge in [0, 0.05) is 0 Å². The van der Waals surface area contributed by atoms with Crippen molar-refractivity contribution in [1.29, 1.82) is 5.26 Å². The molecule has 6 unspecified atom stereocenters. The van der Waals surface area contributed by atoms with Crippen LogP contribution in [-0.2, 0) is 37.4 Å². The standard InChI is InChI=1S/C23H31N6O9P/c1-12(2)35-16(30)8-28-39(33,34-9-17(31)36-13(3)4)38-20-19-23(20,32)22(5,10-24)18(37-19)14-6-7-15-21(25)26-11-27-29(14)15/h6-7,11-13,18-20,32H,8-9H2,1-5H3,(H,28,33)(H2,25,26,27). The third-order valence-corrected chi connectivity index (χ3v) is 7.96. The van der Waals surface area contributed by atoms with E-state index in [1.165, 1.54) is 17.8 Å². The van der Waals surface area contributed by atoms with Gasteiger partial charge in [-0.1, -0.05) is 0 Å². The van der Waals surface area contributed by atoms with E-state index < -0.39 is 74.4 Å². The molecule has 2 aromatic rings. The second kappa shape index (κ2) is 10.5. The second-order valence-corrected chi connectivity index (χ2v) is 11.8. The Hall–Kier alpha value is -3.12. The fraction of sp³-hybridized carbons (Fsp3) is 0.609. The predicted molar refractivity (Wildman–Crippen MR) is 133 cm³/mol. The number of hydrogen-bond acceptors (Lipinski definition) is 13. The van der Waals surface area contributed by atoms with Crippen LogP contribution >= 0.6 is 7.75 Å². The van der Waals surface area contributed by atoms with Crippen LogP contribution in [0.25, 0.3) is 5.52 Å². The van der Waals surface area contributed by atoms with E-state index in [1.807, 2.05) is 0 Å². The molecule has 0 spiro atoms. The van der Waals surface area contributed by atoms with Crippen molar-refractivity contribution < 1.29 is 42.5 Å². The van der Waals surface area contributed by atoms with Crippen LogP contribution in [0.2, 0.25) is 0 Å². The van der Waals surface area contributed by atoms with Crippen molar-refractivity contribution in [1.82, 2.24) is 19.7 Å². The van der Waals surface area contributed by atoms with E-state index in [2.05, 4.69) is 21.2 Å². The number of ether oxygens (including phenoxy) is 3. The minimum absolute atomic E-state index is 0.217. The molecule has 1 saturated carbocycles. The first-order valence-electron chi connectivity index (χ1n) is 12.2. The van der Waals surface area contributed by atoms with Crippen molar-refractivity contribution in [3.63, 3.8) is 0 Å². The predicted octanol–water partition coefficient (Wildman–Crippen LogP) is 1.03. The van der Waals surface area contributed by atoms with Gasteiger partial charge in [-0.15, -0.1) is 0 Å². The zero-order chi connectivity index (χ0) is 28.8. The number of nitrogens with one attached hydrogen (secondary N) is 1. The van der Waals surface area contributed by atoms with Gasteiger partial charge < -0.3 is 25.1 Å². The minimum atomic E-state index is -4.44. The number of anilines is 1. The number of aliphatic hydroxyl groups is 1. The quantitative estimate of drug-likeness (QED) is 0.256. The molecule has 39 heavy (non-hydrogen) atoms. The molecule has 2 fully saturated rings. The Bertz CT molecular complexity index is 1330. The molecule has 1 aliphatic carbocycles. The summed E-state index contributed by atoms with van der Waals surface area (Å²) in [5.74, 6) is -1.36. The Kier molecular flexibility index (Phi) is 7.74. The maximum atomic E-state index is 13.6. The molecule has 4 N–H and O–H groups in total. The molecule has 15 nitrogen and oxygen atoms in total. The molecule has 0 radical (unpaired) electrons. The molecule has 0 aromatic carbocycles. The Morgan fingerprint density at radius 1 is 1.28 bits per heavy atom. The molecule has 0 bridgehead atoms. The highest BCUT2D eigenvalue weighted by Gasteiger charge is 2.84. The number of nitrogens with zero attached hydrogens (tertiary/aromatic N) is 4. The van der Waals surface area contributed by atoms with Crippen LogP contribution in [0.4, 0.5) is 5.82 Å². The molecule has 6 atom stereocenters. The second-order valence-electron chi connectivity index (χ2n) is 9.99. The summed E-state index contributed by atoms with van der Waals surface area (Å²) in [4.78, 5) is 28.0. The number of esters is 2. The van der Waals surface area contributed by atoms with Gasteiger partial charge in [0.1, 0.15) is 47.7 Å². The third kappa shape index (κ3) is 5.23. The van der Waals surface area contributed by atoms with Gasteiger partial charge in [0.15, 0.2) is 12.4 Å². The lowest BCUT2D eigenvalue weighted by Crippen LogP contribution is -2.40. The Labute approximate surface area is 224 Å². The van der Waals surface area contributed by atoms with Gasteiger partial charge in [-0.3, -0.25) is 13.8 Å². The largest absolute Gasteiger partial charge is 0.462 e. The maximum Gasteiger partial charge on any atom is 0.407 e. The van der Waals surface area contributed by atoms with Gasteiger partial charge in [0.25, 0.3) is 0 Å². The fourth-order valence-electron chi connectivity index (χ4n) is 4.56. The SMILES string of the molecule is CC(C)OC(=O)CNP(=O)(OCC(=O)OC(C)C)OC1C2OC(c3ccc4c(N)ncnn34)C(C)(C#N)C21O. The Morgan fingerprint density at radius 2 is 1.95 bits per heavy atom. The molecule has 0 amide bonds. The van der Waals surface area contributed by atoms with Gasteiger partial charge >= 0.3 is 19.7 Å². The summed E-state index contributed by atoms with van der Waals surface area (Å²) in [6.07, 6.45) is -3.00. The normalized spacial score (nSPS) is 29.2. The molecule has 16 heteroatoms. The number of hydrogen-bond donors (Lipinski definition) is 3. The summed E-state index contributed by atoms with van der Waals surface area (Å²) < 4.78 is 42.0. The number of nitriles is 1. The summed E-state index contributed by atoms with van der Waals surface area (Å²) >= 11 is 0. The van der Waals surface area contributed by atoms with Crippen molar-refractivity contribution in [2.24, 2.45) is 5.41 Å². The molecular weight excluding hydrogens is 535 g/mol. The van der Waals surface area contributed by atoms with Crippen molar-refractivity contribution in [3.8, 4) is 6.07 Å². The van der Waals surface area contributed by atoms with E-state index in [1.54, 1.807) is 39.8 Å². The van der Waals surface area contributed by atoms with Crippen molar-refractivity contribution in [2.45, 2.75) is 70.7 Å². The topological polar surface area (TPSA) is 210 Å².